The monoisotopic (exact) mass is 262 g/mol. The summed E-state index contributed by atoms with van der Waals surface area (Å²) in [7, 11) is 0. The van der Waals surface area contributed by atoms with Gasteiger partial charge >= 0.3 is 6.18 Å². The van der Waals surface area contributed by atoms with E-state index in [0.29, 0.717) is 0 Å². The number of ether oxygens (including phenoxy) is 1. The Kier molecular flexibility index (Phi) is 2.97. The van der Waals surface area contributed by atoms with Gasteiger partial charge in [0.25, 0.3) is 6.01 Å². The lowest BCUT2D eigenvalue weighted by molar-refractivity contribution is -0.138. The van der Waals surface area contributed by atoms with Gasteiger partial charge in [0.2, 0.25) is 0 Å². The second kappa shape index (κ2) is 4.29. The second-order valence-corrected chi connectivity index (χ2v) is 3.54. The number of imidazole rings is 1. The fraction of sp³-hybridized carbons (Fsp3) is 0.100. The summed E-state index contributed by atoms with van der Waals surface area (Å²) >= 11 is 5.54. The Hall–Kier alpha value is -1.69. The summed E-state index contributed by atoms with van der Waals surface area (Å²) in [6, 6.07) is 4.77. The topological polar surface area (TPSA) is 37.9 Å². The SMILES string of the molecule is FC(F)(F)c1ccccc1Oc1ncc(Cl)[nH]1. The first-order valence-corrected chi connectivity index (χ1v) is 4.89. The molecule has 0 aliphatic carbocycles. The van der Waals surface area contributed by atoms with Crippen molar-refractivity contribution in [2.45, 2.75) is 6.18 Å². The fourth-order valence-corrected chi connectivity index (χ4v) is 1.36. The molecule has 0 aliphatic heterocycles. The molecule has 0 spiro atoms. The van der Waals surface area contributed by atoms with E-state index in [4.69, 9.17) is 16.3 Å². The van der Waals surface area contributed by atoms with Gasteiger partial charge in [-0.15, -0.1) is 0 Å². The number of hydrogen-bond acceptors (Lipinski definition) is 2. The van der Waals surface area contributed by atoms with Gasteiger partial charge in [0.1, 0.15) is 10.9 Å². The summed E-state index contributed by atoms with van der Waals surface area (Å²) in [6.07, 6.45) is -3.24. The van der Waals surface area contributed by atoms with E-state index in [2.05, 4.69) is 9.97 Å². The molecule has 90 valence electrons. The predicted octanol–water partition coefficient (Wildman–Crippen LogP) is 3.87. The normalized spacial score (nSPS) is 11.5. The van der Waals surface area contributed by atoms with Gasteiger partial charge in [-0.1, -0.05) is 23.7 Å². The van der Waals surface area contributed by atoms with Crippen LogP contribution < -0.4 is 4.74 Å². The Balaban J connectivity index is 2.33. The molecule has 1 N–H and O–H groups in total. The minimum atomic E-state index is -4.48. The average molecular weight is 263 g/mol. The molecule has 1 aromatic carbocycles. The zero-order valence-electron chi connectivity index (χ0n) is 8.25. The number of halogens is 4. The second-order valence-electron chi connectivity index (χ2n) is 3.13. The molecule has 0 saturated heterocycles. The molecule has 1 aromatic heterocycles. The van der Waals surface area contributed by atoms with Crippen molar-refractivity contribution in [3.8, 4) is 11.8 Å². The molecule has 0 bridgehead atoms. The number of aromatic nitrogens is 2. The third-order valence-electron chi connectivity index (χ3n) is 1.92. The maximum Gasteiger partial charge on any atom is 0.419 e. The Bertz CT molecular complexity index is 524. The molecule has 0 saturated carbocycles. The van der Waals surface area contributed by atoms with Crippen LogP contribution in [0, 0.1) is 0 Å². The highest BCUT2D eigenvalue weighted by molar-refractivity contribution is 6.29. The van der Waals surface area contributed by atoms with E-state index >= 15 is 0 Å². The lowest BCUT2D eigenvalue weighted by Gasteiger charge is -2.11. The Morgan fingerprint density at radius 2 is 1.94 bits per heavy atom. The molecule has 0 fully saturated rings. The van der Waals surface area contributed by atoms with E-state index < -0.39 is 11.7 Å². The summed E-state index contributed by atoms with van der Waals surface area (Å²) in [5.74, 6) is -0.328. The van der Waals surface area contributed by atoms with Crippen LogP contribution in [0.5, 0.6) is 11.8 Å². The smallest absolute Gasteiger partial charge is 0.419 e. The molecule has 0 amide bonds. The fourth-order valence-electron chi connectivity index (χ4n) is 1.23. The van der Waals surface area contributed by atoms with Gasteiger partial charge in [-0.2, -0.15) is 13.2 Å². The molecule has 3 nitrogen and oxygen atoms in total. The number of rotatable bonds is 2. The summed E-state index contributed by atoms with van der Waals surface area (Å²) in [5, 5.41) is 0.185. The van der Waals surface area contributed by atoms with Crippen molar-refractivity contribution in [3.05, 3.63) is 41.2 Å². The molecule has 2 rings (SSSR count). The number of para-hydroxylation sites is 1. The molecule has 0 radical (unpaired) electrons. The maximum atomic E-state index is 12.6. The summed E-state index contributed by atoms with van der Waals surface area (Å²) < 4.78 is 42.8. The van der Waals surface area contributed by atoms with Crippen LogP contribution >= 0.6 is 11.6 Å². The van der Waals surface area contributed by atoms with Crippen molar-refractivity contribution >= 4 is 11.6 Å². The average Bonchev–Trinajstić information content (AvgIpc) is 2.63. The zero-order chi connectivity index (χ0) is 12.5. The quantitative estimate of drug-likeness (QED) is 0.892. The number of alkyl halides is 3. The van der Waals surface area contributed by atoms with Gasteiger partial charge in [-0.3, -0.25) is 4.98 Å². The standard InChI is InChI=1S/C10H6ClF3N2O/c11-8-5-15-9(16-8)17-7-4-2-1-3-6(7)10(12,13)14/h1-5H,(H,15,16). The van der Waals surface area contributed by atoms with E-state index in [1.165, 1.54) is 24.4 Å². The summed E-state index contributed by atoms with van der Waals surface area (Å²) in [4.78, 5) is 6.13. The van der Waals surface area contributed by atoms with Crippen molar-refractivity contribution < 1.29 is 17.9 Å². The van der Waals surface area contributed by atoms with Crippen molar-refractivity contribution in [2.75, 3.05) is 0 Å². The van der Waals surface area contributed by atoms with E-state index in [1.807, 2.05) is 0 Å². The van der Waals surface area contributed by atoms with Crippen LogP contribution in [0.2, 0.25) is 5.15 Å². The van der Waals surface area contributed by atoms with Crippen molar-refractivity contribution in [1.82, 2.24) is 9.97 Å². The Labute approximate surface area is 99.2 Å². The summed E-state index contributed by atoms with van der Waals surface area (Å²) in [6.45, 7) is 0. The zero-order valence-corrected chi connectivity index (χ0v) is 9.01. The molecule has 1 heterocycles. The van der Waals surface area contributed by atoms with Crippen LogP contribution in [0.1, 0.15) is 5.56 Å². The molecular weight excluding hydrogens is 257 g/mol. The number of nitrogens with zero attached hydrogens (tertiary/aromatic N) is 1. The van der Waals surface area contributed by atoms with Crippen LogP contribution in [-0.4, -0.2) is 9.97 Å². The van der Waals surface area contributed by atoms with Crippen LogP contribution in [0.15, 0.2) is 30.5 Å². The predicted molar refractivity (Wildman–Crippen MR) is 55.1 cm³/mol. The summed E-state index contributed by atoms with van der Waals surface area (Å²) in [5.41, 5.74) is -0.868. The minimum absolute atomic E-state index is 0.0910. The first kappa shape index (κ1) is 11.8. The number of H-pyrrole nitrogens is 1. The van der Waals surface area contributed by atoms with Crippen LogP contribution in [-0.2, 0) is 6.18 Å². The van der Waals surface area contributed by atoms with Crippen molar-refractivity contribution in [3.63, 3.8) is 0 Å². The molecule has 2 aromatic rings. The molecule has 7 heteroatoms. The number of benzene rings is 1. The van der Waals surface area contributed by atoms with E-state index in [1.54, 1.807) is 0 Å². The molecule has 0 aliphatic rings. The van der Waals surface area contributed by atoms with Crippen molar-refractivity contribution in [1.29, 1.82) is 0 Å². The highest BCUT2D eigenvalue weighted by Crippen LogP contribution is 2.37. The molecule has 0 unspecified atom stereocenters. The van der Waals surface area contributed by atoms with Crippen LogP contribution in [0.4, 0.5) is 13.2 Å². The third kappa shape index (κ3) is 2.71. The maximum absolute atomic E-state index is 12.6. The number of aromatic amines is 1. The van der Waals surface area contributed by atoms with E-state index in [0.717, 1.165) is 6.07 Å². The Morgan fingerprint density at radius 3 is 2.53 bits per heavy atom. The highest BCUT2D eigenvalue weighted by atomic mass is 35.5. The molecule has 17 heavy (non-hydrogen) atoms. The van der Waals surface area contributed by atoms with Gasteiger partial charge in [0.05, 0.1) is 11.8 Å². The highest BCUT2D eigenvalue weighted by Gasteiger charge is 2.34. The molecular formula is C10H6ClF3N2O. The van der Waals surface area contributed by atoms with Gasteiger partial charge in [-0.25, -0.2) is 4.98 Å². The number of hydrogen-bond donors (Lipinski definition) is 1. The number of nitrogens with one attached hydrogen (secondary N) is 1. The largest absolute Gasteiger partial charge is 0.425 e. The lowest BCUT2D eigenvalue weighted by Crippen LogP contribution is -2.07. The van der Waals surface area contributed by atoms with E-state index in [9.17, 15) is 13.2 Å². The van der Waals surface area contributed by atoms with Gasteiger partial charge in [-0.05, 0) is 12.1 Å². The first-order valence-electron chi connectivity index (χ1n) is 4.51. The van der Waals surface area contributed by atoms with Crippen LogP contribution in [0.25, 0.3) is 0 Å². The van der Waals surface area contributed by atoms with Gasteiger partial charge in [0.15, 0.2) is 0 Å². The van der Waals surface area contributed by atoms with Crippen LogP contribution in [0.3, 0.4) is 0 Å². The minimum Gasteiger partial charge on any atom is -0.425 e. The lowest BCUT2D eigenvalue weighted by atomic mass is 10.2. The van der Waals surface area contributed by atoms with Crippen molar-refractivity contribution in [2.24, 2.45) is 0 Å². The van der Waals surface area contributed by atoms with Gasteiger partial charge in [0, 0.05) is 0 Å². The third-order valence-corrected chi connectivity index (χ3v) is 2.11. The van der Waals surface area contributed by atoms with E-state index in [-0.39, 0.29) is 16.9 Å². The Morgan fingerprint density at radius 1 is 1.24 bits per heavy atom. The van der Waals surface area contributed by atoms with Gasteiger partial charge < -0.3 is 4.74 Å². The first-order chi connectivity index (χ1) is 7.97. The molecule has 0 atom stereocenters.